The Hall–Kier alpha value is -2.86. The second-order valence-electron chi connectivity index (χ2n) is 9.64. The normalized spacial score (nSPS) is 15.2. The number of nitrogens with one attached hydrogen (secondary N) is 2. The number of likely N-dealkylation sites (tertiary alicyclic amines) is 1. The third-order valence-corrected chi connectivity index (χ3v) is 6.22. The van der Waals surface area contributed by atoms with E-state index in [1.165, 1.54) is 18.4 Å². The lowest BCUT2D eigenvalue weighted by molar-refractivity contribution is -0.121. The summed E-state index contributed by atoms with van der Waals surface area (Å²) >= 11 is 0. The number of hydrogen-bond acceptors (Lipinski definition) is 4. The SMILES string of the molecule is COc1ccccc1C(CNC(=O)CCNC(=O)c1ccc(C(C)(C)C)cc1)N1CCCC1. The molecule has 2 aromatic carbocycles. The molecular weight excluding hydrogens is 414 g/mol. The average molecular weight is 452 g/mol. The number of nitrogens with zero attached hydrogens (tertiary/aromatic N) is 1. The van der Waals surface area contributed by atoms with Crippen LogP contribution in [0.5, 0.6) is 5.75 Å². The first-order chi connectivity index (χ1) is 15.8. The molecule has 1 unspecified atom stereocenters. The summed E-state index contributed by atoms with van der Waals surface area (Å²) in [5, 5.41) is 5.91. The molecule has 0 spiro atoms. The van der Waals surface area contributed by atoms with Crippen LogP contribution in [0.4, 0.5) is 0 Å². The molecule has 3 rings (SSSR count). The van der Waals surface area contributed by atoms with E-state index in [0.29, 0.717) is 18.7 Å². The van der Waals surface area contributed by atoms with Gasteiger partial charge in [0.25, 0.3) is 5.91 Å². The van der Waals surface area contributed by atoms with Crippen molar-refractivity contribution in [3.8, 4) is 5.75 Å². The summed E-state index contributed by atoms with van der Waals surface area (Å²) < 4.78 is 5.56. The molecule has 0 bridgehead atoms. The molecule has 0 saturated carbocycles. The van der Waals surface area contributed by atoms with E-state index in [1.54, 1.807) is 7.11 Å². The average Bonchev–Trinajstić information content (AvgIpc) is 3.33. The van der Waals surface area contributed by atoms with Crippen LogP contribution < -0.4 is 15.4 Å². The van der Waals surface area contributed by atoms with Gasteiger partial charge in [-0.25, -0.2) is 0 Å². The van der Waals surface area contributed by atoms with Crippen molar-refractivity contribution in [2.45, 2.75) is 51.5 Å². The zero-order valence-corrected chi connectivity index (χ0v) is 20.3. The number of hydrogen-bond donors (Lipinski definition) is 2. The van der Waals surface area contributed by atoms with Gasteiger partial charge in [-0.05, 0) is 55.1 Å². The predicted octanol–water partition coefficient (Wildman–Crippen LogP) is 4.07. The van der Waals surface area contributed by atoms with Gasteiger partial charge in [-0.1, -0.05) is 51.1 Å². The summed E-state index contributed by atoms with van der Waals surface area (Å²) in [6.07, 6.45) is 2.58. The molecule has 6 heteroatoms. The fourth-order valence-corrected chi connectivity index (χ4v) is 4.24. The number of rotatable bonds is 9. The molecule has 1 heterocycles. The van der Waals surface area contributed by atoms with Gasteiger partial charge in [-0.2, -0.15) is 0 Å². The van der Waals surface area contributed by atoms with Gasteiger partial charge in [0, 0.05) is 30.6 Å². The first-order valence-electron chi connectivity index (χ1n) is 11.8. The number of carbonyl (C=O) groups excluding carboxylic acids is 2. The molecule has 33 heavy (non-hydrogen) atoms. The van der Waals surface area contributed by atoms with Gasteiger partial charge in [-0.15, -0.1) is 0 Å². The van der Waals surface area contributed by atoms with Crippen molar-refractivity contribution in [1.29, 1.82) is 0 Å². The molecular formula is C27H37N3O3. The summed E-state index contributed by atoms with van der Waals surface area (Å²) in [6.45, 7) is 9.27. The summed E-state index contributed by atoms with van der Waals surface area (Å²) in [6, 6.07) is 15.7. The van der Waals surface area contributed by atoms with E-state index >= 15 is 0 Å². The highest BCUT2D eigenvalue weighted by Crippen LogP contribution is 2.31. The second kappa shape index (κ2) is 11.3. The fourth-order valence-electron chi connectivity index (χ4n) is 4.24. The van der Waals surface area contributed by atoms with Crippen LogP contribution >= 0.6 is 0 Å². The molecule has 0 aliphatic carbocycles. The van der Waals surface area contributed by atoms with Crippen LogP contribution in [0.3, 0.4) is 0 Å². The van der Waals surface area contributed by atoms with E-state index < -0.39 is 0 Å². The molecule has 1 saturated heterocycles. The molecule has 1 aliphatic rings. The monoisotopic (exact) mass is 451 g/mol. The lowest BCUT2D eigenvalue weighted by Gasteiger charge is -2.29. The third-order valence-electron chi connectivity index (χ3n) is 6.22. The molecule has 0 radical (unpaired) electrons. The quantitative estimate of drug-likeness (QED) is 0.603. The van der Waals surface area contributed by atoms with Crippen LogP contribution in [0, 0.1) is 0 Å². The van der Waals surface area contributed by atoms with Crippen LogP contribution in [0.15, 0.2) is 48.5 Å². The van der Waals surface area contributed by atoms with E-state index in [-0.39, 0.29) is 29.7 Å². The van der Waals surface area contributed by atoms with Gasteiger partial charge in [0.05, 0.1) is 13.2 Å². The van der Waals surface area contributed by atoms with Crippen molar-refractivity contribution in [2.24, 2.45) is 0 Å². The Morgan fingerprint density at radius 2 is 1.67 bits per heavy atom. The lowest BCUT2D eigenvalue weighted by Crippen LogP contribution is -2.38. The maximum atomic E-state index is 12.5. The van der Waals surface area contributed by atoms with Crippen LogP contribution in [0.25, 0.3) is 0 Å². The molecule has 6 nitrogen and oxygen atoms in total. The molecule has 2 aromatic rings. The lowest BCUT2D eigenvalue weighted by atomic mass is 9.87. The van der Waals surface area contributed by atoms with Crippen molar-refractivity contribution in [2.75, 3.05) is 33.3 Å². The number of methoxy groups -OCH3 is 1. The Kier molecular flexibility index (Phi) is 8.50. The Labute approximate surface area is 197 Å². The van der Waals surface area contributed by atoms with Crippen LogP contribution in [0.1, 0.15) is 67.6 Å². The minimum Gasteiger partial charge on any atom is -0.496 e. The van der Waals surface area contributed by atoms with Crippen molar-refractivity contribution in [1.82, 2.24) is 15.5 Å². The highest BCUT2D eigenvalue weighted by Gasteiger charge is 2.26. The number of ether oxygens (including phenoxy) is 1. The molecule has 1 fully saturated rings. The van der Waals surface area contributed by atoms with Crippen molar-refractivity contribution in [3.05, 3.63) is 65.2 Å². The van der Waals surface area contributed by atoms with Crippen molar-refractivity contribution in [3.63, 3.8) is 0 Å². The summed E-state index contributed by atoms with van der Waals surface area (Å²) in [7, 11) is 1.68. The number of para-hydroxylation sites is 1. The van der Waals surface area contributed by atoms with E-state index in [0.717, 1.165) is 24.4 Å². The van der Waals surface area contributed by atoms with Crippen LogP contribution in [-0.2, 0) is 10.2 Å². The fraction of sp³-hybridized carbons (Fsp3) is 0.481. The molecule has 1 aliphatic heterocycles. The van der Waals surface area contributed by atoms with Gasteiger partial charge < -0.3 is 15.4 Å². The second-order valence-corrected chi connectivity index (χ2v) is 9.64. The Balaban J connectivity index is 1.50. The van der Waals surface area contributed by atoms with E-state index in [2.05, 4.69) is 42.4 Å². The minimum absolute atomic E-state index is 0.0454. The number of benzene rings is 2. The Morgan fingerprint density at radius 3 is 2.30 bits per heavy atom. The van der Waals surface area contributed by atoms with Gasteiger partial charge >= 0.3 is 0 Å². The van der Waals surface area contributed by atoms with Gasteiger partial charge in [0.2, 0.25) is 5.91 Å². The highest BCUT2D eigenvalue weighted by molar-refractivity contribution is 5.94. The maximum absolute atomic E-state index is 12.5. The molecule has 178 valence electrons. The smallest absolute Gasteiger partial charge is 0.251 e. The maximum Gasteiger partial charge on any atom is 0.251 e. The van der Waals surface area contributed by atoms with Gasteiger partial charge in [0.15, 0.2) is 0 Å². The minimum atomic E-state index is -0.160. The standard InChI is InChI=1S/C27H37N3O3/c1-27(2,3)21-13-11-20(12-14-21)26(32)28-16-15-25(31)29-19-23(30-17-7-8-18-30)22-9-5-6-10-24(22)33-4/h5-6,9-14,23H,7-8,15-19H2,1-4H3,(H,28,32)(H,29,31). The summed E-state index contributed by atoms with van der Waals surface area (Å²) in [5.74, 6) is 0.609. The largest absolute Gasteiger partial charge is 0.496 e. The van der Waals surface area contributed by atoms with Crippen LogP contribution in [0.2, 0.25) is 0 Å². The van der Waals surface area contributed by atoms with E-state index in [1.807, 2.05) is 42.5 Å². The van der Waals surface area contributed by atoms with Gasteiger partial charge in [-0.3, -0.25) is 14.5 Å². The molecule has 2 amide bonds. The number of amides is 2. The topological polar surface area (TPSA) is 70.7 Å². The summed E-state index contributed by atoms with van der Waals surface area (Å²) in [4.78, 5) is 27.3. The molecule has 1 atom stereocenters. The third kappa shape index (κ3) is 6.81. The van der Waals surface area contributed by atoms with Crippen molar-refractivity contribution < 1.29 is 14.3 Å². The number of carbonyl (C=O) groups is 2. The Morgan fingerprint density at radius 1 is 1.00 bits per heavy atom. The molecule has 2 N–H and O–H groups in total. The van der Waals surface area contributed by atoms with Crippen LogP contribution in [-0.4, -0.2) is 50.0 Å². The zero-order valence-electron chi connectivity index (χ0n) is 20.3. The van der Waals surface area contributed by atoms with E-state index in [9.17, 15) is 9.59 Å². The predicted molar refractivity (Wildman–Crippen MR) is 132 cm³/mol. The Bertz CT molecular complexity index is 928. The zero-order chi connectivity index (χ0) is 23.8. The van der Waals surface area contributed by atoms with Gasteiger partial charge in [0.1, 0.15) is 5.75 Å². The first-order valence-corrected chi connectivity index (χ1v) is 11.8. The van der Waals surface area contributed by atoms with Crippen molar-refractivity contribution >= 4 is 11.8 Å². The summed E-state index contributed by atoms with van der Waals surface area (Å²) in [5.41, 5.74) is 2.92. The van der Waals surface area contributed by atoms with E-state index in [4.69, 9.17) is 4.74 Å². The first kappa shape index (κ1) is 24.8. The molecule has 0 aromatic heterocycles. The highest BCUT2D eigenvalue weighted by atomic mass is 16.5.